The highest BCUT2D eigenvalue weighted by molar-refractivity contribution is 6.30. The van der Waals surface area contributed by atoms with Gasteiger partial charge in [-0.3, -0.25) is 14.5 Å². The molecule has 0 radical (unpaired) electrons. The fourth-order valence-corrected chi connectivity index (χ4v) is 5.72. The Morgan fingerprint density at radius 1 is 1.00 bits per heavy atom. The van der Waals surface area contributed by atoms with Crippen molar-refractivity contribution in [1.29, 1.82) is 0 Å². The lowest BCUT2D eigenvalue weighted by Gasteiger charge is -2.47. The van der Waals surface area contributed by atoms with Gasteiger partial charge in [-0.25, -0.2) is 0 Å². The quantitative estimate of drug-likeness (QED) is 0.626. The van der Waals surface area contributed by atoms with Crippen molar-refractivity contribution in [3.63, 3.8) is 0 Å². The molecule has 1 aromatic heterocycles. The van der Waals surface area contributed by atoms with Gasteiger partial charge in [-0.2, -0.15) is 0 Å². The van der Waals surface area contributed by atoms with Crippen LogP contribution in [0.25, 0.3) is 10.9 Å². The second-order valence-corrected chi connectivity index (χ2v) is 9.69. The van der Waals surface area contributed by atoms with E-state index in [1.54, 1.807) is 9.80 Å². The van der Waals surface area contributed by atoms with Gasteiger partial charge in [-0.15, -0.1) is 0 Å². The second-order valence-electron chi connectivity index (χ2n) is 9.25. The second kappa shape index (κ2) is 8.73. The molecule has 1 N–H and O–H groups in total. The Labute approximate surface area is 203 Å². The van der Waals surface area contributed by atoms with E-state index in [9.17, 15) is 9.59 Å². The molecule has 4 heterocycles. The Kier molecular flexibility index (Phi) is 5.56. The van der Waals surface area contributed by atoms with Crippen LogP contribution in [0.3, 0.4) is 0 Å². The number of ether oxygens (including phenoxy) is 1. The van der Waals surface area contributed by atoms with Crippen LogP contribution in [-0.4, -0.2) is 83.5 Å². The maximum atomic E-state index is 13.7. The van der Waals surface area contributed by atoms with E-state index in [-0.39, 0.29) is 24.4 Å². The minimum atomic E-state index is -0.515. The Hall–Kier alpha value is -2.87. The van der Waals surface area contributed by atoms with Gasteiger partial charge in [0.15, 0.2) is 0 Å². The molecule has 3 aliphatic rings. The van der Waals surface area contributed by atoms with Crippen LogP contribution in [0.15, 0.2) is 48.5 Å². The van der Waals surface area contributed by atoms with Crippen molar-refractivity contribution in [3.8, 4) is 0 Å². The Bertz CT molecular complexity index is 1230. The maximum absolute atomic E-state index is 13.7. The van der Waals surface area contributed by atoms with Crippen molar-refractivity contribution in [2.24, 2.45) is 0 Å². The summed E-state index contributed by atoms with van der Waals surface area (Å²) in [5.41, 5.74) is 4.08. The number of H-pyrrole nitrogens is 1. The van der Waals surface area contributed by atoms with Gasteiger partial charge in [0.25, 0.3) is 0 Å². The summed E-state index contributed by atoms with van der Waals surface area (Å²) in [7, 11) is 0. The van der Waals surface area contributed by atoms with E-state index in [1.165, 1.54) is 0 Å². The fraction of sp³-hybridized carbons (Fsp3) is 0.385. The van der Waals surface area contributed by atoms with Crippen LogP contribution in [0.5, 0.6) is 0 Å². The summed E-state index contributed by atoms with van der Waals surface area (Å²) < 4.78 is 5.43. The van der Waals surface area contributed by atoms with E-state index in [0.29, 0.717) is 18.0 Å². The lowest BCUT2D eigenvalue weighted by molar-refractivity contribution is -0.158. The van der Waals surface area contributed by atoms with Gasteiger partial charge in [0.05, 0.1) is 25.8 Å². The molecule has 0 spiro atoms. The standard InChI is InChI=1S/C26H27ClN4O3/c27-18-7-5-17(6-8-18)25-24-20(19-3-1-2-4-21(19)28-24)15-22-26(33)30(16-23(32)31(22)25)10-9-29-11-13-34-14-12-29/h1-8,22,25,28H,9-16H2/t22-,25+/m0/s1. The van der Waals surface area contributed by atoms with Gasteiger partial charge in [0, 0.05) is 54.2 Å². The summed E-state index contributed by atoms with van der Waals surface area (Å²) in [6.07, 6.45) is 0.516. The largest absolute Gasteiger partial charge is 0.379 e. The van der Waals surface area contributed by atoms with E-state index >= 15 is 0 Å². The zero-order valence-corrected chi connectivity index (χ0v) is 19.6. The van der Waals surface area contributed by atoms with Crippen LogP contribution in [-0.2, 0) is 20.7 Å². The Balaban J connectivity index is 1.37. The topological polar surface area (TPSA) is 68.9 Å². The number of nitrogens with zero attached hydrogens (tertiary/aromatic N) is 3. The maximum Gasteiger partial charge on any atom is 0.246 e. The van der Waals surface area contributed by atoms with Crippen molar-refractivity contribution >= 4 is 34.3 Å². The summed E-state index contributed by atoms with van der Waals surface area (Å²) in [5.74, 6) is 0.0126. The van der Waals surface area contributed by atoms with Gasteiger partial charge in [-0.05, 0) is 29.3 Å². The summed E-state index contributed by atoms with van der Waals surface area (Å²) >= 11 is 6.16. The molecule has 3 aliphatic heterocycles. The lowest BCUT2D eigenvalue weighted by Crippen LogP contribution is -2.63. The Morgan fingerprint density at radius 2 is 1.76 bits per heavy atom. The van der Waals surface area contributed by atoms with Crippen molar-refractivity contribution < 1.29 is 14.3 Å². The molecule has 2 atom stereocenters. The number of rotatable bonds is 4. The van der Waals surface area contributed by atoms with Crippen LogP contribution in [0, 0.1) is 0 Å². The molecule has 176 valence electrons. The molecule has 2 fully saturated rings. The molecule has 34 heavy (non-hydrogen) atoms. The average molecular weight is 479 g/mol. The normalized spacial score (nSPS) is 23.3. The third-order valence-corrected chi connectivity index (χ3v) is 7.57. The van der Waals surface area contributed by atoms with Gasteiger partial charge < -0.3 is 19.5 Å². The minimum absolute atomic E-state index is 0.0177. The van der Waals surface area contributed by atoms with Crippen LogP contribution in [0.4, 0.5) is 0 Å². The molecule has 2 saturated heterocycles. The molecular weight excluding hydrogens is 452 g/mol. The molecule has 7 nitrogen and oxygen atoms in total. The number of carbonyl (C=O) groups excluding carboxylic acids is 2. The van der Waals surface area contributed by atoms with E-state index in [1.807, 2.05) is 42.5 Å². The molecule has 0 unspecified atom stereocenters. The minimum Gasteiger partial charge on any atom is -0.379 e. The molecule has 0 bridgehead atoms. The first-order chi connectivity index (χ1) is 16.6. The number of halogens is 1. The summed E-state index contributed by atoms with van der Waals surface area (Å²) in [6.45, 7) is 4.59. The van der Waals surface area contributed by atoms with Crippen LogP contribution < -0.4 is 0 Å². The smallest absolute Gasteiger partial charge is 0.246 e. The first kappa shape index (κ1) is 21.6. The van der Waals surface area contributed by atoms with E-state index in [4.69, 9.17) is 16.3 Å². The average Bonchev–Trinajstić information content (AvgIpc) is 3.24. The van der Waals surface area contributed by atoms with Gasteiger partial charge >= 0.3 is 0 Å². The summed E-state index contributed by atoms with van der Waals surface area (Å²) in [6, 6.07) is 14.9. The van der Waals surface area contributed by atoms with Gasteiger partial charge in [0.1, 0.15) is 6.04 Å². The monoisotopic (exact) mass is 478 g/mol. The number of hydrogen-bond donors (Lipinski definition) is 1. The van der Waals surface area contributed by atoms with E-state index in [2.05, 4.69) is 16.0 Å². The number of fused-ring (bicyclic) bond motifs is 4. The third kappa shape index (κ3) is 3.68. The highest BCUT2D eigenvalue weighted by Crippen LogP contribution is 2.42. The summed E-state index contributed by atoms with van der Waals surface area (Å²) in [4.78, 5) is 36.7. The third-order valence-electron chi connectivity index (χ3n) is 7.32. The number of nitrogens with one attached hydrogen (secondary N) is 1. The van der Waals surface area contributed by atoms with Crippen LogP contribution in [0.2, 0.25) is 5.02 Å². The number of hydrogen-bond acceptors (Lipinski definition) is 4. The molecular formula is C26H27ClN4O3. The number of para-hydroxylation sites is 1. The molecule has 2 amide bonds. The van der Waals surface area contributed by atoms with E-state index < -0.39 is 6.04 Å². The van der Waals surface area contributed by atoms with Gasteiger partial charge in [0.2, 0.25) is 11.8 Å². The number of aromatic amines is 1. The van der Waals surface area contributed by atoms with Crippen LogP contribution >= 0.6 is 11.6 Å². The van der Waals surface area contributed by atoms with Crippen molar-refractivity contribution in [1.82, 2.24) is 19.7 Å². The fourth-order valence-electron chi connectivity index (χ4n) is 5.59. The zero-order chi connectivity index (χ0) is 23.2. The predicted octanol–water partition coefficient (Wildman–Crippen LogP) is 2.84. The highest BCUT2D eigenvalue weighted by atomic mass is 35.5. The number of morpholine rings is 1. The number of benzene rings is 2. The summed E-state index contributed by atoms with van der Waals surface area (Å²) in [5, 5.41) is 1.75. The number of amides is 2. The number of carbonyl (C=O) groups is 2. The Morgan fingerprint density at radius 3 is 2.56 bits per heavy atom. The first-order valence-corrected chi connectivity index (χ1v) is 12.2. The van der Waals surface area contributed by atoms with Gasteiger partial charge in [-0.1, -0.05) is 41.9 Å². The molecule has 3 aromatic rings. The SMILES string of the molecule is O=C1[C@@H]2Cc3c([nH]c4ccccc34)[C@@H](c3ccc(Cl)cc3)N2C(=O)CN1CCN1CCOCC1. The van der Waals surface area contributed by atoms with Crippen molar-refractivity contribution in [2.45, 2.75) is 18.5 Å². The molecule has 8 heteroatoms. The molecule has 0 aliphatic carbocycles. The lowest BCUT2D eigenvalue weighted by atomic mass is 9.86. The predicted molar refractivity (Wildman–Crippen MR) is 130 cm³/mol. The highest BCUT2D eigenvalue weighted by Gasteiger charge is 2.48. The molecule has 0 saturated carbocycles. The first-order valence-electron chi connectivity index (χ1n) is 11.8. The molecule has 2 aromatic carbocycles. The van der Waals surface area contributed by atoms with Crippen LogP contribution in [0.1, 0.15) is 22.9 Å². The number of piperazine rings is 1. The van der Waals surface area contributed by atoms with E-state index in [0.717, 1.165) is 60.6 Å². The molecule has 6 rings (SSSR count). The van der Waals surface area contributed by atoms with Crippen molar-refractivity contribution in [3.05, 3.63) is 70.4 Å². The van der Waals surface area contributed by atoms with Crippen molar-refractivity contribution in [2.75, 3.05) is 45.9 Å². The number of aromatic nitrogens is 1. The zero-order valence-electron chi connectivity index (χ0n) is 18.9.